The summed E-state index contributed by atoms with van der Waals surface area (Å²) in [5.74, 6) is -0.253. The van der Waals surface area contributed by atoms with Crippen LogP contribution in [0.15, 0.2) is 60.9 Å². The van der Waals surface area contributed by atoms with Gasteiger partial charge in [0.1, 0.15) is 12.4 Å². The highest BCUT2D eigenvalue weighted by Gasteiger charge is 2.22. The van der Waals surface area contributed by atoms with Crippen LogP contribution in [0, 0.1) is 0 Å². The van der Waals surface area contributed by atoms with Gasteiger partial charge >= 0.3 is 6.03 Å². The Labute approximate surface area is 149 Å². The number of hydrogen-bond donors (Lipinski definition) is 3. The number of hydrogen-bond acceptors (Lipinski definition) is 5. The fourth-order valence-corrected chi connectivity index (χ4v) is 2.46. The lowest BCUT2D eigenvalue weighted by molar-refractivity contribution is -0.119. The van der Waals surface area contributed by atoms with Crippen LogP contribution in [-0.4, -0.2) is 32.1 Å². The van der Waals surface area contributed by atoms with E-state index in [1.807, 2.05) is 30.3 Å². The Balaban J connectivity index is 1.74. The average molecular weight is 351 g/mol. The van der Waals surface area contributed by atoms with Crippen LogP contribution < -0.4 is 16.4 Å². The Morgan fingerprint density at radius 1 is 1.00 bits per heavy atom. The summed E-state index contributed by atoms with van der Waals surface area (Å²) >= 11 is 0. The second-order valence-electron chi connectivity index (χ2n) is 5.55. The van der Waals surface area contributed by atoms with Crippen molar-refractivity contribution in [2.75, 3.05) is 10.6 Å². The fourth-order valence-electron chi connectivity index (χ4n) is 2.46. The van der Waals surface area contributed by atoms with Gasteiger partial charge < -0.3 is 16.4 Å². The van der Waals surface area contributed by atoms with Crippen molar-refractivity contribution < 1.29 is 9.59 Å². The Bertz CT molecular complexity index is 864. The largest absolute Gasteiger partial charge is 0.351 e. The predicted molar refractivity (Wildman–Crippen MR) is 95.3 cm³/mol. The second-order valence-corrected chi connectivity index (χ2v) is 5.55. The lowest BCUT2D eigenvalue weighted by Crippen LogP contribution is -2.28. The summed E-state index contributed by atoms with van der Waals surface area (Å²) in [6.45, 7) is 0. The molecular weight excluding hydrogens is 334 g/mol. The minimum atomic E-state index is -0.650. The van der Waals surface area contributed by atoms with Crippen LogP contribution in [0.3, 0.4) is 0 Å². The first-order chi connectivity index (χ1) is 12.6. The number of tetrazole rings is 1. The number of nitrogens with two attached hydrogens (primary N) is 1. The van der Waals surface area contributed by atoms with Crippen LogP contribution in [-0.2, 0) is 11.2 Å². The molecule has 9 nitrogen and oxygen atoms in total. The summed E-state index contributed by atoms with van der Waals surface area (Å²) in [7, 11) is 0. The standard InChI is InChI=1S/C17H17N7O2/c18-17(26)21-14-8-6-13(7-9-14)20-16(25)15(24-11-19-22-23-24)10-12-4-2-1-3-5-12/h1-9,11,15H,10H2,(H,20,25)(H3,18,21,26). The van der Waals surface area contributed by atoms with Crippen LogP contribution >= 0.6 is 0 Å². The lowest BCUT2D eigenvalue weighted by atomic mass is 10.1. The average Bonchev–Trinajstić information content (AvgIpc) is 3.16. The number of nitrogens with one attached hydrogen (secondary N) is 2. The molecule has 3 rings (SSSR count). The maximum Gasteiger partial charge on any atom is 0.316 e. The molecule has 0 fully saturated rings. The van der Waals surface area contributed by atoms with Crippen molar-refractivity contribution in [2.45, 2.75) is 12.5 Å². The zero-order chi connectivity index (χ0) is 18.4. The molecule has 0 saturated heterocycles. The smallest absolute Gasteiger partial charge is 0.316 e. The zero-order valence-electron chi connectivity index (χ0n) is 13.7. The van der Waals surface area contributed by atoms with Crippen molar-refractivity contribution in [1.29, 1.82) is 0 Å². The summed E-state index contributed by atoms with van der Waals surface area (Å²) in [5, 5.41) is 16.4. The fraction of sp³-hybridized carbons (Fsp3) is 0.118. The summed E-state index contributed by atoms with van der Waals surface area (Å²) in [4.78, 5) is 23.6. The summed E-state index contributed by atoms with van der Waals surface area (Å²) in [6, 6.07) is 15.0. The molecule has 132 valence electrons. The molecule has 4 N–H and O–H groups in total. The number of nitrogens with zero attached hydrogens (tertiary/aromatic N) is 4. The number of urea groups is 1. The van der Waals surface area contributed by atoms with Crippen LogP contribution in [0.4, 0.5) is 16.2 Å². The maximum absolute atomic E-state index is 12.8. The predicted octanol–water partition coefficient (Wildman–Crippen LogP) is 1.59. The van der Waals surface area contributed by atoms with Gasteiger partial charge in [-0.05, 0) is 40.3 Å². The van der Waals surface area contributed by atoms with Gasteiger partial charge in [0.15, 0.2) is 0 Å². The molecular formula is C17H17N7O2. The van der Waals surface area contributed by atoms with Crippen molar-refractivity contribution in [2.24, 2.45) is 5.73 Å². The van der Waals surface area contributed by atoms with E-state index in [9.17, 15) is 9.59 Å². The Morgan fingerprint density at radius 3 is 2.23 bits per heavy atom. The topological polar surface area (TPSA) is 128 Å². The van der Waals surface area contributed by atoms with Crippen molar-refractivity contribution >= 4 is 23.3 Å². The summed E-state index contributed by atoms with van der Waals surface area (Å²) in [6.07, 6.45) is 1.85. The Morgan fingerprint density at radius 2 is 1.65 bits per heavy atom. The maximum atomic E-state index is 12.8. The highest BCUT2D eigenvalue weighted by atomic mass is 16.2. The van der Waals surface area contributed by atoms with Crippen molar-refractivity contribution in [3.63, 3.8) is 0 Å². The number of rotatable bonds is 6. The number of aromatic nitrogens is 4. The molecule has 26 heavy (non-hydrogen) atoms. The minimum Gasteiger partial charge on any atom is -0.351 e. The number of carbonyl (C=O) groups is 2. The molecule has 1 heterocycles. The van der Waals surface area contributed by atoms with Gasteiger partial charge in [0.05, 0.1) is 0 Å². The van der Waals surface area contributed by atoms with Crippen molar-refractivity contribution in [1.82, 2.24) is 20.2 Å². The van der Waals surface area contributed by atoms with Gasteiger partial charge in [0.2, 0.25) is 5.91 Å². The van der Waals surface area contributed by atoms with Gasteiger partial charge in [-0.25, -0.2) is 9.48 Å². The van der Waals surface area contributed by atoms with E-state index in [2.05, 4.69) is 26.2 Å². The monoisotopic (exact) mass is 351 g/mol. The number of primary amides is 1. The molecule has 3 aromatic rings. The van der Waals surface area contributed by atoms with Crippen molar-refractivity contribution in [3.05, 3.63) is 66.5 Å². The van der Waals surface area contributed by atoms with Crippen LogP contribution in [0.25, 0.3) is 0 Å². The number of carbonyl (C=O) groups excluding carboxylic acids is 2. The first-order valence-corrected chi connectivity index (χ1v) is 7.85. The SMILES string of the molecule is NC(=O)Nc1ccc(NC(=O)C(Cc2ccccc2)n2cnnn2)cc1. The molecule has 3 amide bonds. The zero-order valence-corrected chi connectivity index (χ0v) is 13.7. The molecule has 1 aromatic heterocycles. The minimum absolute atomic E-state index is 0.253. The van der Waals surface area contributed by atoms with E-state index in [0.29, 0.717) is 17.8 Å². The number of benzene rings is 2. The summed E-state index contributed by atoms with van der Waals surface area (Å²) in [5.41, 5.74) is 7.18. The third-order valence-corrected chi connectivity index (χ3v) is 3.68. The highest BCUT2D eigenvalue weighted by molar-refractivity contribution is 5.94. The first-order valence-electron chi connectivity index (χ1n) is 7.85. The molecule has 9 heteroatoms. The molecule has 0 radical (unpaired) electrons. The first kappa shape index (κ1) is 17.1. The third-order valence-electron chi connectivity index (χ3n) is 3.68. The van der Waals surface area contributed by atoms with Gasteiger partial charge in [-0.2, -0.15) is 0 Å². The number of anilines is 2. The molecule has 0 spiro atoms. The highest BCUT2D eigenvalue weighted by Crippen LogP contribution is 2.18. The quantitative estimate of drug-likeness (QED) is 0.621. The molecule has 0 bridgehead atoms. The molecule has 0 aliphatic rings. The van der Waals surface area contributed by atoms with Gasteiger partial charge in [-0.3, -0.25) is 4.79 Å². The Hall–Kier alpha value is -3.75. The van der Waals surface area contributed by atoms with Crippen LogP contribution in [0.5, 0.6) is 0 Å². The third kappa shape index (κ3) is 4.41. The second kappa shape index (κ2) is 7.88. The van der Waals surface area contributed by atoms with Gasteiger partial charge in [-0.1, -0.05) is 30.3 Å². The summed E-state index contributed by atoms with van der Waals surface area (Å²) < 4.78 is 1.42. The Kier molecular flexibility index (Phi) is 5.18. The van der Waals surface area contributed by atoms with Crippen LogP contribution in [0.2, 0.25) is 0 Å². The van der Waals surface area contributed by atoms with Gasteiger partial charge in [0.25, 0.3) is 0 Å². The van der Waals surface area contributed by atoms with E-state index in [1.165, 1.54) is 11.0 Å². The van der Waals surface area contributed by atoms with Crippen LogP contribution in [0.1, 0.15) is 11.6 Å². The van der Waals surface area contributed by atoms with E-state index >= 15 is 0 Å². The lowest BCUT2D eigenvalue weighted by Gasteiger charge is -2.16. The molecule has 0 aliphatic heterocycles. The molecule has 1 atom stereocenters. The molecule has 0 aliphatic carbocycles. The molecule has 2 aromatic carbocycles. The van der Waals surface area contributed by atoms with E-state index in [-0.39, 0.29) is 5.91 Å². The van der Waals surface area contributed by atoms with E-state index < -0.39 is 12.1 Å². The molecule has 1 unspecified atom stereocenters. The van der Waals surface area contributed by atoms with Crippen molar-refractivity contribution in [3.8, 4) is 0 Å². The van der Waals surface area contributed by atoms with E-state index in [1.54, 1.807) is 24.3 Å². The van der Waals surface area contributed by atoms with E-state index in [4.69, 9.17) is 5.73 Å². The number of amides is 3. The molecule has 0 saturated carbocycles. The van der Waals surface area contributed by atoms with Gasteiger partial charge in [0, 0.05) is 17.8 Å². The normalized spacial score (nSPS) is 11.5. The van der Waals surface area contributed by atoms with Gasteiger partial charge in [-0.15, -0.1) is 5.10 Å². The van der Waals surface area contributed by atoms with E-state index in [0.717, 1.165) is 5.56 Å².